The molecular weight excluding hydrogens is 483 g/mol. The van der Waals surface area contributed by atoms with E-state index < -0.39 is 12.7 Å². The molecular formula is C30H41N2O4P. The van der Waals surface area contributed by atoms with Gasteiger partial charge in [0.15, 0.2) is 0 Å². The summed E-state index contributed by atoms with van der Waals surface area (Å²) < 4.78 is 25.7. The maximum absolute atomic E-state index is 13.0. The van der Waals surface area contributed by atoms with Gasteiger partial charge in [-0.3, -0.25) is 9.47 Å². The van der Waals surface area contributed by atoms with Crippen LogP contribution in [-0.4, -0.2) is 48.1 Å². The van der Waals surface area contributed by atoms with Gasteiger partial charge in [0.1, 0.15) is 18.5 Å². The van der Waals surface area contributed by atoms with Gasteiger partial charge in [-0.15, -0.1) is 0 Å². The molecule has 0 spiro atoms. The number of hydrogen-bond acceptors (Lipinski definition) is 5. The number of hydrogen-bond donors (Lipinski definition) is 0. The van der Waals surface area contributed by atoms with Crippen LogP contribution in [0.15, 0.2) is 42.6 Å². The summed E-state index contributed by atoms with van der Waals surface area (Å²) in [6, 6.07) is 12.6. The summed E-state index contributed by atoms with van der Waals surface area (Å²) in [6.45, 7) is 15.3. The van der Waals surface area contributed by atoms with Crippen molar-refractivity contribution >= 4 is 29.4 Å². The van der Waals surface area contributed by atoms with Gasteiger partial charge in [0.2, 0.25) is 0 Å². The van der Waals surface area contributed by atoms with E-state index in [4.69, 9.17) is 9.47 Å². The van der Waals surface area contributed by atoms with Gasteiger partial charge in [0.05, 0.1) is 12.6 Å². The first-order valence-corrected chi connectivity index (χ1v) is 15.7. The van der Waals surface area contributed by atoms with Gasteiger partial charge in [-0.2, -0.15) is 0 Å². The van der Waals surface area contributed by atoms with Gasteiger partial charge in [-0.05, 0) is 89.6 Å². The molecule has 0 N–H and O–H groups in total. The van der Waals surface area contributed by atoms with Crippen molar-refractivity contribution in [2.24, 2.45) is 5.92 Å². The second-order valence-corrected chi connectivity index (χ2v) is 15.1. The number of methoxy groups -OCH3 is 1. The Balaban J connectivity index is 1.73. The maximum Gasteiger partial charge on any atom is 0.419 e. The molecule has 0 unspecified atom stereocenters. The molecule has 4 rings (SSSR count). The molecule has 6 nitrogen and oxygen atoms in total. The molecule has 0 saturated carbocycles. The summed E-state index contributed by atoms with van der Waals surface area (Å²) in [5, 5.41) is 1.92. The molecule has 0 radical (unpaired) electrons. The Morgan fingerprint density at radius 1 is 1.14 bits per heavy atom. The fraction of sp³-hybridized carbons (Fsp3) is 0.500. The van der Waals surface area contributed by atoms with Crippen molar-refractivity contribution in [2.45, 2.75) is 65.6 Å². The molecule has 1 aliphatic rings. The Morgan fingerprint density at radius 3 is 2.41 bits per heavy atom. The number of nitrogens with zero attached hydrogens (tertiary/aromatic N) is 2. The van der Waals surface area contributed by atoms with E-state index in [-0.39, 0.29) is 12.1 Å². The first-order chi connectivity index (χ1) is 17.3. The molecule has 0 bridgehead atoms. The van der Waals surface area contributed by atoms with Gasteiger partial charge in [0, 0.05) is 35.0 Å². The van der Waals surface area contributed by atoms with Crippen molar-refractivity contribution in [1.82, 2.24) is 9.47 Å². The number of carbonyl (C=O) groups is 1. The third-order valence-electron chi connectivity index (χ3n) is 7.28. The largest absolute Gasteiger partial charge is 0.496 e. The Bertz CT molecular complexity index is 1330. The second-order valence-electron chi connectivity index (χ2n) is 11.9. The number of aryl methyl sites for hydroxylation is 1. The van der Waals surface area contributed by atoms with Crippen LogP contribution in [0.25, 0.3) is 10.9 Å². The molecule has 2 atom stereocenters. The van der Waals surface area contributed by atoms with Crippen molar-refractivity contribution in [3.63, 3.8) is 0 Å². The fourth-order valence-electron chi connectivity index (χ4n) is 5.36. The number of piperidine rings is 1. The summed E-state index contributed by atoms with van der Waals surface area (Å²) in [5.41, 5.74) is 3.57. The van der Waals surface area contributed by atoms with Crippen molar-refractivity contribution in [1.29, 1.82) is 0 Å². The second kappa shape index (κ2) is 10.3. The third-order valence-corrected chi connectivity index (χ3v) is 8.82. The van der Waals surface area contributed by atoms with Crippen LogP contribution in [-0.2, 0) is 15.8 Å². The normalized spacial score (nSPS) is 19.2. The molecule has 1 fully saturated rings. The number of rotatable bonds is 5. The number of benzene rings is 2. The summed E-state index contributed by atoms with van der Waals surface area (Å²) in [5.74, 6) is 1.45. The van der Waals surface area contributed by atoms with E-state index >= 15 is 0 Å². The standard InChI is InChI=1S/C30H41N2O4P/c1-20-13-15-31(26(17-20)22-9-11-23(12-10-22)37(7,8)34)19-25-24-14-16-32(29(33)36-30(3,4)5)28(24)21(2)18-27(25)35-6/h9-12,14,16,18,20,26H,13,15,17,19H2,1-8H3/t20-,26+/m0/s1. The van der Waals surface area contributed by atoms with Crippen LogP contribution in [0.4, 0.5) is 4.79 Å². The Hall–Kier alpha value is -2.56. The molecule has 7 heteroatoms. The zero-order valence-electron chi connectivity index (χ0n) is 23.5. The zero-order chi connectivity index (χ0) is 27.1. The van der Waals surface area contributed by atoms with E-state index in [1.807, 2.05) is 65.3 Å². The zero-order valence-corrected chi connectivity index (χ0v) is 24.4. The predicted octanol–water partition coefficient (Wildman–Crippen LogP) is 6.96. The Morgan fingerprint density at radius 2 is 1.81 bits per heavy atom. The van der Waals surface area contributed by atoms with Crippen LogP contribution in [0.2, 0.25) is 0 Å². The Kier molecular flexibility index (Phi) is 7.65. The minimum Gasteiger partial charge on any atom is -0.496 e. The monoisotopic (exact) mass is 524 g/mol. The number of aromatic nitrogens is 1. The predicted molar refractivity (Wildman–Crippen MR) is 152 cm³/mol. The topological polar surface area (TPSA) is 60.8 Å². The number of ether oxygens (including phenoxy) is 2. The summed E-state index contributed by atoms with van der Waals surface area (Å²) >= 11 is 0. The van der Waals surface area contributed by atoms with Crippen LogP contribution < -0.4 is 10.0 Å². The molecule has 0 aliphatic carbocycles. The third kappa shape index (κ3) is 5.97. The van der Waals surface area contributed by atoms with E-state index in [1.54, 1.807) is 17.9 Å². The van der Waals surface area contributed by atoms with Crippen molar-refractivity contribution < 1.29 is 18.8 Å². The van der Waals surface area contributed by atoms with Gasteiger partial charge < -0.3 is 14.0 Å². The van der Waals surface area contributed by atoms with Crippen molar-refractivity contribution in [2.75, 3.05) is 27.0 Å². The van der Waals surface area contributed by atoms with Crippen LogP contribution in [0, 0.1) is 12.8 Å². The lowest BCUT2D eigenvalue weighted by Gasteiger charge is -2.39. The van der Waals surface area contributed by atoms with Crippen molar-refractivity contribution in [3.8, 4) is 5.75 Å². The molecule has 37 heavy (non-hydrogen) atoms. The smallest absolute Gasteiger partial charge is 0.419 e. The van der Waals surface area contributed by atoms with Crippen LogP contribution in [0.5, 0.6) is 5.75 Å². The molecule has 2 aromatic carbocycles. The highest BCUT2D eigenvalue weighted by Gasteiger charge is 2.30. The van der Waals surface area contributed by atoms with E-state index in [1.165, 1.54) is 5.56 Å². The summed E-state index contributed by atoms with van der Waals surface area (Å²) in [4.78, 5) is 15.5. The highest BCUT2D eigenvalue weighted by molar-refractivity contribution is 7.70. The lowest BCUT2D eigenvalue weighted by molar-refractivity contribution is 0.0544. The summed E-state index contributed by atoms with van der Waals surface area (Å²) in [6.07, 6.45) is 3.61. The lowest BCUT2D eigenvalue weighted by atomic mass is 9.87. The number of fused-ring (bicyclic) bond motifs is 1. The highest BCUT2D eigenvalue weighted by Crippen LogP contribution is 2.40. The van der Waals surface area contributed by atoms with Crippen LogP contribution in [0.3, 0.4) is 0 Å². The average molecular weight is 525 g/mol. The maximum atomic E-state index is 13.0. The first-order valence-electron chi connectivity index (χ1n) is 13.1. The summed E-state index contributed by atoms with van der Waals surface area (Å²) in [7, 11) is -0.587. The minimum absolute atomic E-state index is 0.250. The molecule has 200 valence electrons. The van der Waals surface area contributed by atoms with Crippen LogP contribution >= 0.6 is 7.14 Å². The number of carbonyl (C=O) groups excluding carboxylic acids is 1. The molecule has 3 aromatic rings. The molecule has 1 aliphatic heterocycles. The van der Waals surface area contributed by atoms with Crippen molar-refractivity contribution in [3.05, 3.63) is 59.3 Å². The quantitative estimate of drug-likeness (QED) is 0.338. The number of likely N-dealkylation sites (tertiary alicyclic amines) is 1. The lowest BCUT2D eigenvalue weighted by Crippen LogP contribution is -2.36. The fourth-order valence-corrected chi connectivity index (χ4v) is 6.22. The van der Waals surface area contributed by atoms with Gasteiger partial charge in [0.25, 0.3) is 0 Å². The van der Waals surface area contributed by atoms with E-state index in [9.17, 15) is 9.36 Å². The van der Waals surface area contributed by atoms with E-state index in [0.717, 1.165) is 52.5 Å². The molecule has 1 saturated heterocycles. The molecule has 2 heterocycles. The van der Waals surface area contributed by atoms with E-state index in [2.05, 4.69) is 24.0 Å². The highest BCUT2D eigenvalue weighted by atomic mass is 31.2. The molecule has 1 aromatic heterocycles. The average Bonchev–Trinajstić information content (AvgIpc) is 3.26. The van der Waals surface area contributed by atoms with Gasteiger partial charge in [-0.25, -0.2) is 4.79 Å². The Labute approximate surface area is 221 Å². The van der Waals surface area contributed by atoms with Gasteiger partial charge >= 0.3 is 6.09 Å². The first kappa shape index (κ1) is 27.5. The minimum atomic E-state index is -2.29. The van der Waals surface area contributed by atoms with Gasteiger partial charge in [-0.1, -0.05) is 31.2 Å². The molecule has 0 amide bonds. The van der Waals surface area contributed by atoms with Crippen LogP contribution in [0.1, 0.15) is 63.3 Å². The van der Waals surface area contributed by atoms with E-state index in [0.29, 0.717) is 12.5 Å². The SMILES string of the molecule is COc1cc(C)c2c(ccn2C(=O)OC(C)(C)C)c1CN1CC[C@H](C)C[C@@H]1c1ccc(P(C)(C)=O)cc1.